The number of nitrogens with zero attached hydrogens (tertiary/aromatic N) is 4. The minimum atomic E-state index is -0.0546. The first-order valence-electron chi connectivity index (χ1n) is 7.89. The molecule has 2 aromatic heterocycles. The molecule has 6 nitrogen and oxygen atoms in total. The first-order valence-corrected chi connectivity index (χ1v) is 8.71. The van der Waals surface area contributed by atoms with E-state index in [0.29, 0.717) is 13.1 Å². The van der Waals surface area contributed by atoms with Crippen molar-refractivity contribution in [3.05, 3.63) is 41.5 Å². The lowest BCUT2D eigenvalue weighted by Gasteiger charge is -2.16. The van der Waals surface area contributed by atoms with Crippen molar-refractivity contribution < 1.29 is 4.79 Å². The third-order valence-electron chi connectivity index (χ3n) is 3.58. The predicted molar refractivity (Wildman–Crippen MR) is 97.2 cm³/mol. The van der Waals surface area contributed by atoms with Gasteiger partial charge in [-0.2, -0.15) is 5.10 Å². The van der Waals surface area contributed by atoms with Crippen LogP contribution in [-0.4, -0.2) is 39.2 Å². The van der Waals surface area contributed by atoms with E-state index in [0.717, 1.165) is 16.3 Å². The van der Waals surface area contributed by atoms with E-state index in [1.165, 1.54) is 4.70 Å². The zero-order valence-corrected chi connectivity index (χ0v) is 14.9. The smallest absolute Gasteiger partial charge is 0.239 e. The largest absolute Gasteiger partial charge is 0.310 e. The number of anilines is 1. The SMILES string of the molecule is CC(C)n1nccc1NC(=O)CN(C)Cc1nc2ccccc2s1. The average molecular weight is 343 g/mol. The Labute approximate surface area is 145 Å². The van der Waals surface area contributed by atoms with Crippen LogP contribution in [0.4, 0.5) is 5.82 Å². The molecule has 126 valence electrons. The number of nitrogens with one attached hydrogen (secondary N) is 1. The van der Waals surface area contributed by atoms with E-state index in [2.05, 4.69) is 21.5 Å². The van der Waals surface area contributed by atoms with Gasteiger partial charge in [-0.1, -0.05) is 12.1 Å². The minimum Gasteiger partial charge on any atom is -0.310 e. The zero-order valence-electron chi connectivity index (χ0n) is 14.1. The van der Waals surface area contributed by atoms with Crippen molar-refractivity contribution in [2.24, 2.45) is 0 Å². The molecular weight excluding hydrogens is 322 g/mol. The Hall–Kier alpha value is -2.25. The monoisotopic (exact) mass is 343 g/mol. The van der Waals surface area contributed by atoms with Crippen LogP contribution >= 0.6 is 11.3 Å². The highest BCUT2D eigenvalue weighted by Gasteiger charge is 2.13. The number of hydrogen-bond acceptors (Lipinski definition) is 5. The molecule has 0 saturated carbocycles. The number of rotatable bonds is 6. The quantitative estimate of drug-likeness (QED) is 0.747. The highest BCUT2D eigenvalue weighted by molar-refractivity contribution is 7.18. The van der Waals surface area contributed by atoms with Crippen LogP contribution in [0, 0.1) is 0 Å². The van der Waals surface area contributed by atoms with Crippen LogP contribution in [0.15, 0.2) is 36.5 Å². The summed E-state index contributed by atoms with van der Waals surface area (Å²) in [5.41, 5.74) is 1.01. The van der Waals surface area contributed by atoms with Crippen molar-refractivity contribution >= 4 is 33.3 Å². The summed E-state index contributed by atoms with van der Waals surface area (Å²) in [5, 5.41) is 8.15. The number of carbonyl (C=O) groups is 1. The van der Waals surface area contributed by atoms with Gasteiger partial charge in [0.2, 0.25) is 5.91 Å². The van der Waals surface area contributed by atoms with Crippen LogP contribution in [0.5, 0.6) is 0 Å². The van der Waals surface area contributed by atoms with Gasteiger partial charge >= 0.3 is 0 Å². The van der Waals surface area contributed by atoms with Crippen LogP contribution in [-0.2, 0) is 11.3 Å². The van der Waals surface area contributed by atoms with Crippen molar-refractivity contribution in [2.45, 2.75) is 26.4 Å². The van der Waals surface area contributed by atoms with Crippen molar-refractivity contribution in [2.75, 3.05) is 18.9 Å². The number of amides is 1. The van der Waals surface area contributed by atoms with E-state index in [1.54, 1.807) is 22.2 Å². The fraction of sp³-hybridized carbons (Fsp3) is 0.353. The molecule has 0 unspecified atom stereocenters. The van der Waals surface area contributed by atoms with Crippen molar-refractivity contribution in [3.63, 3.8) is 0 Å². The molecule has 0 fully saturated rings. The van der Waals surface area contributed by atoms with E-state index >= 15 is 0 Å². The molecule has 0 atom stereocenters. The van der Waals surface area contributed by atoms with Gasteiger partial charge in [0.15, 0.2) is 0 Å². The topological polar surface area (TPSA) is 63.1 Å². The lowest BCUT2D eigenvalue weighted by molar-refractivity contribution is -0.117. The van der Waals surface area contributed by atoms with Crippen LogP contribution in [0.3, 0.4) is 0 Å². The third kappa shape index (κ3) is 3.80. The van der Waals surface area contributed by atoms with Gasteiger partial charge in [-0.15, -0.1) is 11.3 Å². The maximum absolute atomic E-state index is 12.2. The van der Waals surface area contributed by atoms with E-state index in [-0.39, 0.29) is 11.9 Å². The number of para-hydroxylation sites is 1. The van der Waals surface area contributed by atoms with Crippen LogP contribution in [0.1, 0.15) is 24.9 Å². The molecule has 0 spiro atoms. The molecule has 3 aromatic rings. The highest BCUT2D eigenvalue weighted by atomic mass is 32.1. The molecular formula is C17H21N5OS. The molecule has 0 aliphatic rings. The molecule has 0 aliphatic heterocycles. The lowest BCUT2D eigenvalue weighted by atomic mass is 10.3. The summed E-state index contributed by atoms with van der Waals surface area (Å²) in [7, 11) is 1.92. The summed E-state index contributed by atoms with van der Waals surface area (Å²) in [6, 6.07) is 10.1. The van der Waals surface area contributed by atoms with Crippen LogP contribution in [0.25, 0.3) is 10.2 Å². The first kappa shape index (κ1) is 16.6. The second kappa shape index (κ2) is 7.11. The van der Waals surface area contributed by atoms with Crippen molar-refractivity contribution in [1.29, 1.82) is 0 Å². The minimum absolute atomic E-state index is 0.0546. The Morgan fingerprint density at radius 1 is 1.33 bits per heavy atom. The van der Waals surface area contributed by atoms with Crippen molar-refractivity contribution in [3.8, 4) is 0 Å². The maximum Gasteiger partial charge on any atom is 0.239 e. The van der Waals surface area contributed by atoms with E-state index < -0.39 is 0 Å². The lowest BCUT2D eigenvalue weighted by Crippen LogP contribution is -2.30. The molecule has 1 amide bonds. The summed E-state index contributed by atoms with van der Waals surface area (Å²) in [5.74, 6) is 0.671. The molecule has 1 N–H and O–H groups in total. The number of benzene rings is 1. The highest BCUT2D eigenvalue weighted by Crippen LogP contribution is 2.22. The number of hydrogen-bond donors (Lipinski definition) is 1. The molecule has 1 aromatic carbocycles. The third-order valence-corrected chi connectivity index (χ3v) is 4.60. The summed E-state index contributed by atoms with van der Waals surface area (Å²) in [4.78, 5) is 18.8. The number of likely N-dealkylation sites (N-methyl/N-ethyl adjacent to an activating group) is 1. The molecule has 3 rings (SSSR count). The van der Waals surface area contributed by atoms with E-state index in [1.807, 2.05) is 50.1 Å². The van der Waals surface area contributed by atoms with Gasteiger partial charge in [-0.05, 0) is 33.0 Å². The Morgan fingerprint density at radius 2 is 2.12 bits per heavy atom. The van der Waals surface area contributed by atoms with Gasteiger partial charge in [0.25, 0.3) is 0 Å². The number of carbonyl (C=O) groups excluding carboxylic acids is 1. The van der Waals surface area contributed by atoms with Gasteiger partial charge in [-0.25, -0.2) is 9.67 Å². The molecule has 24 heavy (non-hydrogen) atoms. The predicted octanol–water partition coefficient (Wildman–Crippen LogP) is 3.14. The summed E-state index contributed by atoms with van der Waals surface area (Å²) in [6.07, 6.45) is 1.69. The van der Waals surface area contributed by atoms with Gasteiger partial charge < -0.3 is 5.32 Å². The van der Waals surface area contributed by atoms with E-state index in [4.69, 9.17) is 0 Å². The second-order valence-corrected chi connectivity index (χ2v) is 7.17. The van der Waals surface area contributed by atoms with Gasteiger partial charge in [0.1, 0.15) is 10.8 Å². The molecule has 0 bridgehead atoms. The van der Waals surface area contributed by atoms with Gasteiger partial charge in [-0.3, -0.25) is 9.69 Å². The summed E-state index contributed by atoms with van der Waals surface area (Å²) in [6.45, 7) is 5.01. The Balaban J connectivity index is 1.58. The first-order chi connectivity index (χ1) is 11.5. The van der Waals surface area contributed by atoms with E-state index in [9.17, 15) is 4.79 Å². The summed E-state index contributed by atoms with van der Waals surface area (Å²) >= 11 is 1.67. The second-order valence-electron chi connectivity index (χ2n) is 6.05. The molecule has 0 saturated heterocycles. The fourth-order valence-corrected chi connectivity index (χ4v) is 3.57. The Kier molecular flexibility index (Phi) is 4.92. The molecule has 0 radical (unpaired) electrons. The average Bonchev–Trinajstić information content (AvgIpc) is 3.12. The van der Waals surface area contributed by atoms with Crippen molar-refractivity contribution in [1.82, 2.24) is 19.7 Å². The number of fused-ring (bicyclic) bond motifs is 1. The molecule has 2 heterocycles. The number of aromatic nitrogens is 3. The van der Waals surface area contributed by atoms with Gasteiger partial charge in [0.05, 0.1) is 29.5 Å². The Bertz CT molecular complexity index is 805. The van der Waals surface area contributed by atoms with Crippen LogP contribution in [0.2, 0.25) is 0 Å². The van der Waals surface area contributed by atoms with Crippen LogP contribution < -0.4 is 5.32 Å². The maximum atomic E-state index is 12.2. The number of thiazole rings is 1. The zero-order chi connectivity index (χ0) is 17.1. The summed E-state index contributed by atoms with van der Waals surface area (Å²) < 4.78 is 2.97. The molecule has 0 aliphatic carbocycles. The van der Waals surface area contributed by atoms with Gasteiger partial charge in [0, 0.05) is 12.1 Å². The fourth-order valence-electron chi connectivity index (χ4n) is 2.53. The Morgan fingerprint density at radius 3 is 2.88 bits per heavy atom. The standard InChI is InChI=1S/C17H21N5OS/c1-12(2)22-15(8-9-18-22)20-16(23)10-21(3)11-17-19-13-6-4-5-7-14(13)24-17/h4-9,12H,10-11H2,1-3H3,(H,20,23). The molecule has 7 heteroatoms. The normalized spacial score (nSPS) is 11.5.